The van der Waals surface area contributed by atoms with Crippen molar-refractivity contribution in [3.63, 3.8) is 0 Å². The van der Waals surface area contributed by atoms with Crippen LogP contribution in [0.5, 0.6) is 0 Å². The molecule has 0 bridgehead atoms. The van der Waals surface area contributed by atoms with Crippen LogP contribution in [0.4, 0.5) is 28.8 Å². The van der Waals surface area contributed by atoms with E-state index in [1.54, 1.807) is 6.20 Å². The maximum Gasteiger partial charge on any atom is 0.249 e. The maximum atomic E-state index is 4.47. The summed E-state index contributed by atoms with van der Waals surface area (Å²) in [5.74, 6) is 1.09. The lowest BCUT2D eigenvalue weighted by Gasteiger charge is -2.13. The Labute approximate surface area is 147 Å². The topological polar surface area (TPSA) is 66.0 Å². The van der Waals surface area contributed by atoms with Gasteiger partial charge in [0.2, 0.25) is 5.95 Å². The average Bonchev–Trinajstić information content (AvgIpc) is 2.59. The van der Waals surface area contributed by atoms with Crippen molar-refractivity contribution in [2.75, 3.05) is 29.6 Å². The van der Waals surface area contributed by atoms with Gasteiger partial charge in [-0.3, -0.25) is 0 Å². The van der Waals surface area contributed by atoms with Crippen LogP contribution in [0.15, 0.2) is 48.7 Å². The Hall–Kier alpha value is -3.15. The number of hydrogen-bond donors (Lipinski definition) is 2. The van der Waals surface area contributed by atoms with E-state index in [-0.39, 0.29) is 0 Å². The zero-order chi connectivity index (χ0) is 17.8. The predicted octanol–water partition coefficient (Wildman–Crippen LogP) is 4.04. The Morgan fingerprint density at radius 1 is 0.840 bits per heavy atom. The fraction of sp³-hybridized carbons (Fsp3) is 0.211. The summed E-state index contributed by atoms with van der Waals surface area (Å²) in [6.45, 7) is 4.18. The minimum Gasteiger partial charge on any atom is -0.378 e. The first-order chi connectivity index (χ1) is 12.0. The van der Waals surface area contributed by atoms with Crippen molar-refractivity contribution in [2.45, 2.75) is 13.8 Å². The second-order valence-corrected chi connectivity index (χ2v) is 6.16. The Balaban J connectivity index is 1.73. The summed E-state index contributed by atoms with van der Waals surface area (Å²) in [5, 5.41) is 14.5. The molecule has 0 aliphatic heterocycles. The standard InChI is InChI=1S/C19H22N6/c1-13-5-6-16(11-14(13)2)21-18-12-20-24-19(23-18)22-15-7-9-17(10-8-15)25(3)4/h5-12H,1-4H3,(H2,21,22,23,24). The lowest BCUT2D eigenvalue weighted by atomic mass is 10.1. The van der Waals surface area contributed by atoms with Gasteiger partial charge in [-0.05, 0) is 61.4 Å². The Bertz CT molecular complexity index is 858. The molecule has 0 saturated carbocycles. The van der Waals surface area contributed by atoms with Crippen LogP contribution < -0.4 is 15.5 Å². The molecule has 0 atom stereocenters. The van der Waals surface area contributed by atoms with Crippen LogP contribution in [-0.4, -0.2) is 29.3 Å². The molecule has 0 unspecified atom stereocenters. The first-order valence-corrected chi connectivity index (χ1v) is 8.10. The maximum absolute atomic E-state index is 4.47. The van der Waals surface area contributed by atoms with E-state index >= 15 is 0 Å². The van der Waals surface area contributed by atoms with Gasteiger partial charge in [0.15, 0.2) is 5.82 Å². The monoisotopic (exact) mass is 334 g/mol. The fourth-order valence-electron chi connectivity index (χ4n) is 2.36. The molecule has 2 N–H and O–H groups in total. The number of hydrogen-bond acceptors (Lipinski definition) is 6. The Morgan fingerprint density at radius 2 is 1.56 bits per heavy atom. The SMILES string of the molecule is Cc1ccc(Nc2cnnc(Nc3ccc(N(C)C)cc3)n2)cc1C. The zero-order valence-corrected chi connectivity index (χ0v) is 14.9. The van der Waals surface area contributed by atoms with Gasteiger partial charge >= 0.3 is 0 Å². The number of nitrogens with zero attached hydrogens (tertiary/aromatic N) is 4. The molecule has 2 aromatic carbocycles. The minimum atomic E-state index is 0.450. The first kappa shape index (κ1) is 16.7. The van der Waals surface area contributed by atoms with Gasteiger partial charge in [-0.1, -0.05) is 6.07 Å². The van der Waals surface area contributed by atoms with E-state index in [1.165, 1.54) is 11.1 Å². The molecular weight excluding hydrogens is 312 g/mol. The van der Waals surface area contributed by atoms with Gasteiger partial charge in [-0.2, -0.15) is 10.1 Å². The van der Waals surface area contributed by atoms with E-state index in [0.717, 1.165) is 17.1 Å². The number of aryl methyl sites for hydroxylation is 2. The van der Waals surface area contributed by atoms with Crippen LogP contribution in [-0.2, 0) is 0 Å². The van der Waals surface area contributed by atoms with Crippen molar-refractivity contribution in [2.24, 2.45) is 0 Å². The molecule has 0 radical (unpaired) electrons. The van der Waals surface area contributed by atoms with Crippen LogP contribution in [0.3, 0.4) is 0 Å². The minimum absolute atomic E-state index is 0.450. The van der Waals surface area contributed by atoms with E-state index in [2.05, 4.69) is 56.7 Å². The van der Waals surface area contributed by atoms with Crippen molar-refractivity contribution < 1.29 is 0 Å². The van der Waals surface area contributed by atoms with Crippen molar-refractivity contribution in [3.8, 4) is 0 Å². The van der Waals surface area contributed by atoms with Gasteiger partial charge in [0.05, 0.1) is 6.20 Å². The van der Waals surface area contributed by atoms with E-state index in [9.17, 15) is 0 Å². The molecule has 0 spiro atoms. The van der Waals surface area contributed by atoms with Crippen LogP contribution in [0.25, 0.3) is 0 Å². The quantitative estimate of drug-likeness (QED) is 0.734. The molecule has 1 aromatic heterocycles. The average molecular weight is 334 g/mol. The molecular formula is C19H22N6. The summed E-state index contributed by atoms with van der Waals surface area (Å²) in [6.07, 6.45) is 1.61. The second kappa shape index (κ2) is 7.17. The van der Waals surface area contributed by atoms with Crippen LogP contribution in [0.1, 0.15) is 11.1 Å². The lowest BCUT2D eigenvalue weighted by molar-refractivity contribution is 0.982. The third-order valence-electron chi connectivity index (χ3n) is 3.98. The Kier molecular flexibility index (Phi) is 4.79. The van der Waals surface area contributed by atoms with Gasteiger partial charge in [0.25, 0.3) is 0 Å². The van der Waals surface area contributed by atoms with Crippen LogP contribution in [0.2, 0.25) is 0 Å². The summed E-state index contributed by atoms with van der Waals surface area (Å²) in [4.78, 5) is 6.52. The summed E-state index contributed by atoms with van der Waals surface area (Å²) in [5.41, 5.74) is 5.51. The van der Waals surface area contributed by atoms with Crippen molar-refractivity contribution in [3.05, 3.63) is 59.8 Å². The molecule has 3 rings (SSSR count). The highest BCUT2D eigenvalue weighted by molar-refractivity contribution is 5.61. The van der Waals surface area contributed by atoms with E-state index in [4.69, 9.17) is 0 Å². The molecule has 0 aliphatic carbocycles. The molecule has 6 nitrogen and oxygen atoms in total. The molecule has 6 heteroatoms. The molecule has 0 amide bonds. The highest BCUT2D eigenvalue weighted by Crippen LogP contribution is 2.20. The largest absolute Gasteiger partial charge is 0.378 e. The van der Waals surface area contributed by atoms with E-state index < -0.39 is 0 Å². The summed E-state index contributed by atoms with van der Waals surface area (Å²) >= 11 is 0. The number of rotatable bonds is 5. The third kappa shape index (κ3) is 4.23. The normalized spacial score (nSPS) is 10.4. The molecule has 0 saturated heterocycles. The predicted molar refractivity (Wildman–Crippen MR) is 103 cm³/mol. The van der Waals surface area contributed by atoms with Crippen molar-refractivity contribution in [1.29, 1.82) is 0 Å². The fourth-order valence-corrected chi connectivity index (χ4v) is 2.36. The summed E-state index contributed by atoms with van der Waals surface area (Å²) < 4.78 is 0. The molecule has 0 aliphatic rings. The van der Waals surface area contributed by atoms with Crippen molar-refractivity contribution >= 4 is 28.8 Å². The van der Waals surface area contributed by atoms with Gasteiger partial charge in [0.1, 0.15) is 0 Å². The van der Waals surface area contributed by atoms with Crippen LogP contribution >= 0.6 is 0 Å². The van der Waals surface area contributed by atoms with Gasteiger partial charge in [0, 0.05) is 31.2 Å². The number of nitrogens with one attached hydrogen (secondary N) is 2. The van der Waals surface area contributed by atoms with Gasteiger partial charge in [-0.15, -0.1) is 5.10 Å². The first-order valence-electron chi connectivity index (χ1n) is 8.10. The number of benzene rings is 2. The number of anilines is 5. The van der Waals surface area contributed by atoms with E-state index in [0.29, 0.717) is 11.8 Å². The molecule has 25 heavy (non-hydrogen) atoms. The number of aromatic nitrogens is 3. The summed E-state index contributed by atoms with van der Waals surface area (Å²) in [6, 6.07) is 14.2. The zero-order valence-electron chi connectivity index (χ0n) is 14.9. The molecule has 0 fully saturated rings. The lowest BCUT2D eigenvalue weighted by Crippen LogP contribution is -2.08. The Morgan fingerprint density at radius 3 is 2.24 bits per heavy atom. The van der Waals surface area contributed by atoms with Gasteiger partial charge in [-0.25, -0.2) is 0 Å². The highest BCUT2D eigenvalue weighted by atomic mass is 15.3. The molecule has 128 valence electrons. The van der Waals surface area contributed by atoms with Crippen molar-refractivity contribution in [1.82, 2.24) is 15.2 Å². The smallest absolute Gasteiger partial charge is 0.249 e. The second-order valence-electron chi connectivity index (χ2n) is 6.16. The summed E-state index contributed by atoms with van der Waals surface area (Å²) in [7, 11) is 4.02. The third-order valence-corrected chi connectivity index (χ3v) is 3.98. The van der Waals surface area contributed by atoms with Crippen LogP contribution in [0, 0.1) is 13.8 Å². The molecule has 1 heterocycles. The molecule has 3 aromatic rings. The van der Waals surface area contributed by atoms with E-state index in [1.807, 2.05) is 44.4 Å². The van der Waals surface area contributed by atoms with Gasteiger partial charge < -0.3 is 15.5 Å². The highest BCUT2D eigenvalue weighted by Gasteiger charge is 2.04.